The molecule has 0 amide bonds. The monoisotopic (exact) mass is 173 g/mol. The summed E-state index contributed by atoms with van der Waals surface area (Å²) in [6, 6.07) is 3.62. The van der Waals surface area contributed by atoms with E-state index in [0.717, 1.165) is 0 Å². The van der Waals surface area contributed by atoms with E-state index < -0.39 is 0 Å². The molecule has 0 aromatic carbocycles. The van der Waals surface area contributed by atoms with Gasteiger partial charge in [-0.05, 0) is 0 Å². The smallest absolute Gasteiger partial charge is 0.179 e. The molecular weight excluding hydrogens is 166 g/mol. The Labute approximate surface area is 75.9 Å². The van der Waals surface area contributed by atoms with Crippen molar-refractivity contribution in [1.29, 1.82) is 10.5 Å². The largest absolute Gasteiger partial charge is 0.361 e. The Kier molecular flexibility index (Phi) is 2.41. The summed E-state index contributed by atoms with van der Waals surface area (Å²) in [6.45, 7) is 0. The van der Waals surface area contributed by atoms with Crippen molar-refractivity contribution in [1.82, 2.24) is 9.97 Å². The molecule has 0 fully saturated rings. The van der Waals surface area contributed by atoms with Gasteiger partial charge in [0.05, 0.1) is 6.20 Å². The van der Waals surface area contributed by atoms with Gasteiger partial charge in [0.15, 0.2) is 11.4 Å². The Morgan fingerprint density at radius 3 is 2.31 bits per heavy atom. The average Bonchev–Trinajstić information content (AvgIpc) is 2.16. The summed E-state index contributed by atoms with van der Waals surface area (Å²) >= 11 is 0. The molecule has 13 heavy (non-hydrogen) atoms. The minimum atomic E-state index is 0.0631. The number of rotatable bonds is 1. The lowest BCUT2D eigenvalue weighted by Gasteiger charge is -2.09. The highest BCUT2D eigenvalue weighted by Crippen LogP contribution is 2.08. The van der Waals surface area contributed by atoms with Gasteiger partial charge in [-0.2, -0.15) is 10.5 Å². The van der Waals surface area contributed by atoms with Crippen molar-refractivity contribution in [2.75, 3.05) is 19.0 Å². The molecule has 0 radical (unpaired) electrons. The molecule has 0 aliphatic carbocycles. The lowest BCUT2D eigenvalue weighted by atomic mass is 10.3. The lowest BCUT2D eigenvalue weighted by Crippen LogP contribution is -2.12. The molecule has 1 aromatic heterocycles. The van der Waals surface area contributed by atoms with Crippen LogP contribution in [0.2, 0.25) is 0 Å². The van der Waals surface area contributed by atoms with Crippen LogP contribution in [0, 0.1) is 22.7 Å². The maximum absolute atomic E-state index is 8.63. The minimum absolute atomic E-state index is 0.0631. The van der Waals surface area contributed by atoms with Crippen molar-refractivity contribution >= 4 is 5.82 Å². The fourth-order valence-corrected chi connectivity index (χ4v) is 0.755. The van der Waals surface area contributed by atoms with Gasteiger partial charge in [0.25, 0.3) is 0 Å². The second kappa shape index (κ2) is 3.51. The van der Waals surface area contributed by atoms with Crippen molar-refractivity contribution in [2.24, 2.45) is 0 Å². The quantitative estimate of drug-likeness (QED) is 0.609. The summed E-state index contributed by atoms with van der Waals surface area (Å²) < 4.78 is 0. The third-order valence-electron chi connectivity index (χ3n) is 1.43. The molecule has 5 nitrogen and oxygen atoms in total. The van der Waals surface area contributed by atoms with Crippen LogP contribution in [0.25, 0.3) is 0 Å². The molecule has 0 saturated heterocycles. The molecule has 64 valence electrons. The Balaban J connectivity index is 3.25. The summed E-state index contributed by atoms with van der Waals surface area (Å²) in [4.78, 5) is 9.46. The van der Waals surface area contributed by atoms with Crippen LogP contribution in [0.3, 0.4) is 0 Å². The van der Waals surface area contributed by atoms with E-state index in [1.54, 1.807) is 25.1 Å². The zero-order valence-corrected chi connectivity index (χ0v) is 7.31. The molecule has 0 aliphatic heterocycles. The predicted molar refractivity (Wildman–Crippen MR) is 45.8 cm³/mol. The van der Waals surface area contributed by atoms with Crippen LogP contribution >= 0.6 is 0 Å². The van der Waals surface area contributed by atoms with E-state index in [2.05, 4.69) is 9.97 Å². The van der Waals surface area contributed by atoms with E-state index in [1.807, 2.05) is 6.07 Å². The van der Waals surface area contributed by atoms with Crippen LogP contribution in [0.1, 0.15) is 11.4 Å². The van der Waals surface area contributed by atoms with Gasteiger partial charge in [-0.3, -0.25) is 0 Å². The summed E-state index contributed by atoms with van der Waals surface area (Å²) in [7, 11) is 3.58. The van der Waals surface area contributed by atoms with Gasteiger partial charge in [0.2, 0.25) is 0 Å². The topological polar surface area (TPSA) is 76.6 Å². The van der Waals surface area contributed by atoms with Crippen LogP contribution in [0.15, 0.2) is 6.20 Å². The van der Waals surface area contributed by atoms with Gasteiger partial charge in [-0.15, -0.1) is 0 Å². The Hall–Kier alpha value is -2.14. The van der Waals surface area contributed by atoms with Crippen LogP contribution in [-0.2, 0) is 0 Å². The molecule has 0 spiro atoms. The van der Waals surface area contributed by atoms with Crippen molar-refractivity contribution < 1.29 is 0 Å². The number of anilines is 1. The normalized spacial score (nSPS) is 8.62. The maximum atomic E-state index is 8.63. The van der Waals surface area contributed by atoms with Crippen LogP contribution in [-0.4, -0.2) is 24.1 Å². The Bertz CT molecular complexity index is 396. The van der Waals surface area contributed by atoms with E-state index in [9.17, 15) is 0 Å². The molecular formula is C8H7N5. The highest BCUT2D eigenvalue weighted by Gasteiger charge is 2.06. The first-order chi connectivity index (χ1) is 6.19. The third kappa shape index (κ3) is 1.71. The summed E-state index contributed by atoms with van der Waals surface area (Å²) in [6.07, 6.45) is 1.46. The fraction of sp³-hybridized carbons (Fsp3) is 0.250. The van der Waals surface area contributed by atoms with Gasteiger partial charge in [0.1, 0.15) is 18.0 Å². The number of nitriles is 2. The zero-order chi connectivity index (χ0) is 9.84. The zero-order valence-electron chi connectivity index (χ0n) is 7.31. The highest BCUT2D eigenvalue weighted by atomic mass is 15.1. The van der Waals surface area contributed by atoms with Crippen LogP contribution < -0.4 is 4.90 Å². The number of nitrogens with zero attached hydrogens (tertiary/aromatic N) is 5. The second-order valence-electron chi connectivity index (χ2n) is 2.54. The van der Waals surface area contributed by atoms with Crippen molar-refractivity contribution in [2.45, 2.75) is 0 Å². The van der Waals surface area contributed by atoms with Gasteiger partial charge in [-0.1, -0.05) is 0 Å². The molecule has 0 saturated carbocycles. The van der Waals surface area contributed by atoms with E-state index in [0.29, 0.717) is 5.82 Å². The van der Waals surface area contributed by atoms with Gasteiger partial charge >= 0.3 is 0 Å². The molecule has 0 N–H and O–H groups in total. The Morgan fingerprint density at radius 1 is 1.23 bits per heavy atom. The minimum Gasteiger partial charge on any atom is -0.361 e. The molecule has 5 heteroatoms. The van der Waals surface area contributed by atoms with Crippen LogP contribution in [0.5, 0.6) is 0 Å². The summed E-state index contributed by atoms with van der Waals surface area (Å²) in [5, 5.41) is 17.2. The van der Waals surface area contributed by atoms with Crippen molar-refractivity contribution in [3.8, 4) is 12.1 Å². The molecule has 0 unspecified atom stereocenters. The molecule has 1 aromatic rings. The first kappa shape index (κ1) is 8.95. The van der Waals surface area contributed by atoms with Crippen LogP contribution in [0.4, 0.5) is 5.82 Å². The second-order valence-corrected chi connectivity index (χ2v) is 2.54. The van der Waals surface area contributed by atoms with Gasteiger partial charge in [0, 0.05) is 14.1 Å². The van der Waals surface area contributed by atoms with Gasteiger partial charge in [-0.25, -0.2) is 9.97 Å². The third-order valence-corrected chi connectivity index (χ3v) is 1.43. The van der Waals surface area contributed by atoms with Crippen molar-refractivity contribution in [3.05, 3.63) is 17.6 Å². The first-order valence-corrected chi connectivity index (χ1v) is 3.53. The van der Waals surface area contributed by atoms with E-state index in [1.165, 1.54) is 6.20 Å². The highest BCUT2D eigenvalue weighted by molar-refractivity contribution is 5.43. The lowest BCUT2D eigenvalue weighted by molar-refractivity contribution is 1.02. The van der Waals surface area contributed by atoms with E-state index in [-0.39, 0.29) is 11.4 Å². The average molecular weight is 173 g/mol. The molecule has 0 bridgehead atoms. The maximum Gasteiger partial charge on any atom is 0.179 e. The first-order valence-electron chi connectivity index (χ1n) is 3.53. The standard InChI is InChI=1S/C8H7N5/c1-13(2)8-5-11-6(3-9)7(4-10)12-8/h5H,1-2H3. The van der Waals surface area contributed by atoms with E-state index in [4.69, 9.17) is 10.5 Å². The molecule has 0 atom stereocenters. The predicted octanol–water partition coefficient (Wildman–Crippen LogP) is 0.286. The SMILES string of the molecule is CN(C)c1cnc(C#N)c(C#N)n1. The number of aromatic nitrogens is 2. The number of hydrogen-bond acceptors (Lipinski definition) is 5. The van der Waals surface area contributed by atoms with Crippen molar-refractivity contribution in [3.63, 3.8) is 0 Å². The van der Waals surface area contributed by atoms with E-state index >= 15 is 0 Å². The Morgan fingerprint density at radius 2 is 1.85 bits per heavy atom. The fourth-order valence-electron chi connectivity index (χ4n) is 0.755. The van der Waals surface area contributed by atoms with Gasteiger partial charge < -0.3 is 4.90 Å². The summed E-state index contributed by atoms with van der Waals surface area (Å²) in [5.74, 6) is 0.565. The summed E-state index contributed by atoms with van der Waals surface area (Å²) in [5.41, 5.74) is 0.127. The molecule has 0 aliphatic rings. The molecule has 1 heterocycles. The number of hydrogen-bond donors (Lipinski definition) is 0. The molecule has 1 rings (SSSR count).